The summed E-state index contributed by atoms with van der Waals surface area (Å²) in [4.78, 5) is 12.2. The normalized spacial score (nSPS) is 10.8. The molecule has 0 aliphatic rings. The van der Waals surface area contributed by atoms with E-state index in [2.05, 4.69) is 0 Å². The largest absolute Gasteiger partial charge is 0.319 e. The van der Waals surface area contributed by atoms with Crippen molar-refractivity contribution in [1.82, 2.24) is 4.98 Å². The molecule has 0 spiro atoms. The van der Waals surface area contributed by atoms with Gasteiger partial charge in [-0.15, -0.1) is 0 Å². The van der Waals surface area contributed by atoms with E-state index in [0.717, 1.165) is 0 Å². The number of aromatic amines is 1. The molecule has 6 heteroatoms. The third kappa shape index (κ3) is 1.61. The van der Waals surface area contributed by atoms with Gasteiger partial charge in [-0.2, -0.15) is 0 Å². The molecule has 0 unspecified atom stereocenters. The smallest absolute Gasteiger partial charge is 0.281 e. The lowest BCUT2D eigenvalue weighted by Crippen LogP contribution is -2.10. The summed E-state index contributed by atoms with van der Waals surface area (Å²) < 4.78 is 36.5. The summed E-state index contributed by atoms with van der Waals surface area (Å²) in [5.41, 5.74) is -1.93. The van der Waals surface area contributed by atoms with Gasteiger partial charge in [0.25, 0.3) is 6.43 Å². The number of hydrogen-bond acceptors (Lipinski definition) is 1. The zero-order valence-electron chi connectivity index (χ0n) is 5.57. The van der Waals surface area contributed by atoms with Crippen LogP contribution in [0.2, 0.25) is 5.02 Å². The van der Waals surface area contributed by atoms with Crippen LogP contribution in [0.1, 0.15) is 12.1 Å². The van der Waals surface area contributed by atoms with Crippen LogP contribution in [0, 0.1) is 5.82 Å². The Morgan fingerprint density at radius 3 is 2.58 bits per heavy atom. The van der Waals surface area contributed by atoms with Crippen LogP contribution >= 0.6 is 11.6 Å². The highest BCUT2D eigenvalue weighted by Gasteiger charge is 2.17. The van der Waals surface area contributed by atoms with E-state index in [9.17, 15) is 18.0 Å². The first-order valence-electron chi connectivity index (χ1n) is 2.88. The summed E-state index contributed by atoms with van der Waals surface area (Å²) in [7, 11) is 0. The highest BCUT2D eigenvalue weighted by atomic mass is 35.5. The summed E-state index contributed by atoms with van der Waals surface area (Å²) in [5.74, 6) is -1.29. The lowest BCUT2D eigenvalue weighted by Gasteiger charge is -2.01. The molecule has 1 N–H and O–H groups in total. The second-order valence-electron chi connectivity index (χ2n) is 2.01. The minimum absolute atomic E-state index is 0.603. The van der Waals surface area contributed by atoms with Crippen LogP contribution in [0.5, 0.6) is 0 Å². The van der Waals surface area contributed by atoms with Crippen LogP contribution in [0.3, 0.4) is 0 Å². The predicted molar refractivity (Wildman–Crippen MR) is 37.0 cm³/mol. The third-order valence-corrected chi connectivity index (χ3v) is 1.46. The Morgan fingerprint density at radius 2 is 2.08 bits per heavy atom. The maximum atomic E-state index is 12.7. The van der Waals surface area contributed by atoms with Gasteiger partial charge in [0, 0.05) is 6.07 Å². The minimum Gasteiger partial charge on any atom is -0.319 e. The molecule has 0 atom stereocenters. The van der Waals surface area contributed by atoms with Crippen LogP contribution in [0.15, 0.2) is 10.9 Å². The van der Waals surface area contributed by atoms with Crippen LogP contribution in [0.25, 0.3) is 0 Å². The van der Waals surface area contributed by atoms with Gasteiger partial charge in [0.1, 0.15) is 5.69 Å². The summed E-state index contributed by atoms with van der Waals surface area (Å²) >= 11 is 5.13. The van der Waals surface area contributed by atoms with Crippen LogP contribution in [-0.4, -0.2) is 4.98 Å². The van der Waals surface area contributed by atoms with E-state index in [4.69, 9.17) is 11.6 Å². The zero-order chi connectivity index (χ0) is 9.30. The Morgan fingerprint density at radius 1 is 1.50 bits per heavy atom. The Kier molecular flexibility index (Phi) is 2.42. The molecular weight excluding hydrogens is 195 g/mol. The lowest BCUT2D eigenvalue weighted by molar-refractivity contribution is 0.140. The van der Waals surface area contributed by atoms with Gasteiger partial charge in [-0.25, -0.2) is 13.2 Å². The van der Waals surface area contributed by atoms with Crippen LogP contribution < -0.4 is 5.56 Å². The standard InChI is InChI=1S/C6H3ClF3NO/c7-2-1-3(12)11-5(4(2)8)6(9)10/h1,6H,(H,11,12). The minimum atomic E-state index is -3.07. The number of hydrogen-bond donors (Lipinski definition) is 1. The average Bonchev–Trinajstić information content (AvgIpc) is 1.96. The number of halogens is 4. The van der Waals surface area contributed by atoms with Crippen molar-refractivity contribution in [3.8, 4) is 0 Å². The molecule has 0 radical (unpaired) electrons. The van der Waals surface area contributed by atoms with Crippen molar-refractivity contribution in [2.45, 2.75) is 6.43 Å². The number of pyridine rings is 1. The molecule has 2 nitrogen and oxygen atoms in total. The van der Waals surface area contributed by atoms with E-state index < -0.39 is 28.5 Å². The summed E-state index contributed by atoms with van der Waals surface area (Å²) in [6.07, 6.45) is -3.07. The fraction of sp³-hybridized carbons (Fsp3) is 0.167. The number of aromatic nitrogens is 1. The molecule has 0 saturated carbocycles. The maximum absolute atomic E-state index is 12.7. The molecule has 0 aromatic carbocycles. The molecule has 1 heterocycles. The quantitative estimate of drug-likeness (QED) is 0.735. The van der Waals surface area contributed by atoms with E-state index in [1.165, 1.54) is 0 Å². The molecule has 1 aromatic rings. The molecule has 1 rings (SSSR count). The molecule has 0 aliphatic carbocycles. The molecule has 0 aliphatic heterocycles. The average molecular weight is 198 g/mol. The monoisotopic (exact) mass is 197 g/mol. The second kappa shape index (κ2) is 3.18. The van der Waals surface area contributed by atoms with Gasteiger partial charge in [0.05, 0.1) is 5.02 Å². The number of alkyl halides is 2. The molecule has 1 aromatic heterocycles. The second-order valence-corrected chi connectivity index (χ2v) is 2.42. The van der Waals surface area contributed by atoms with Crippen molar-refractivity contribution in [2.24, 2.45) is 0 Å². The Hall–Kier alpha value is -0.970. The van der Waals surface area contributed by atoms with Crippen molar-refractivity contribution >= 4 is 11.6 Å². The van der Waals surface area contributed by atoms with Gasteiger partial charge in [0.15, 0.2) is 5.82 Å². The van der Waals surface area contributed by atoms with E-state index in [1.807, 2.05) is 0 Å². The van der Waals surface area contributed by atoms with Gasteiger partial charge in [-0.1, -0.05) is 11.6 Å². The number of rotatable bonds is 1. The lowest BCUT2D eigenvalue weighted by atomic mass is 10.3. The Labute approximate surface area is 70.0 Å². The van der Waals surface area contributed by atoms with E-state index in [1.54, 1.807) is 4.98 Å². The van der Waals surface area contributed by atoms with E-state index >= 15 is 0 Å². The molecule has 0 amide bonds. The van der Waals surface area contributed by atoms with Crippen molar-refractivity contribution in [1.29, 1.82) is 0 Å². The summed E-state index contributed by atoms with van der Waals surface area (Å²) in [6.45, 7) is 0. The fourth-order valence-electron chi connectivity index (χ4n) is 0.681. The SMILES string of the molecule is O=c1cc(Cl)c(F)c(C(F)F)[nH]1. The van der Waals surface area contributed by atoms with E-state index in [0.29, 0.717) is 6.07 Å². The molecule has 0 bridgehead atoms. The maximum Gasteiger partial charge on any atom is 0.281 e. The predicted octanol–water partition coefficient (Wildman–Crippen LogP) is 2.10. The first-order valence-corrected chi connectivity index (χ1v) is 3.26. The number of nitrogens with one attached hydrogen (secondary N) is 1. The molecular formula is C6H3ClF3NO. The third-order valence-electron chi connectivity index (χ3n) is 1.18. The first-order chi connectivity index (χ1) is 5.52. The fourth-order valence-corrected chi connectivity index (χ4v) is 0.882. The van der Waals surface area contributed by atoms with Crippen molar-refractivity contribution in [3.63, 3.8) is 0 Å². The Balaban J connectivity index is 3.38. The van der Waals surface area contributed by atoms with Crippen LogP contribution in [0.4, 0.5) is 13.2 Å². The molecule has 12 heavy (non-hydrogen) atoms. The van der Waals surface area contributed by atoms with E-state index in [-0.39, 0.29) is 0 Å². The van der Waals surface area contributed by atoms with Gasteiger partial charge < -0.3 is 4.98 Å². The van der Waals surface area contributed by atoms with Crippen LogP contribution in [-0.2, 0) is 0 Å². The molecule has 0 saturated heterocycles. The Bertz CT molecular complexity index is 349. The van der Waals surface area contributed by atoms with Crippen molar-refractivity contribution in [3.05, 3.63) is 33.0 Å². The van der Waals surface area contributed by atoms with Crippen molar-refractivity contribution in [2.75, 3.05) is 0 Å². The van der Waals surface area contributed by atoms with Gasteiger partial charge in [0.2, 0.25) is 5.56 Å². The summed E-state index contributed by atoms with van der Waals surface area (Å²) in [5, 5.41) is -0.603. The number of H-pyrrole nitrogens is 1. The highest BCUT2D eigenvalue weighted by molar-refractivity contribution is 6.30. The zero-order valence-corrected chi connectivity index (χ0v) is 6.33. The summed E-state index contributed by atoms with van der Waals surface area (Å²) in [6, 6.07) is 0.697. The topological polar surface area (TPSA) is 32.9 Å². The van der Waals surface area contributed by atoms with Gasteiger partial charge in [-0.3, -0.25) is 4.79 Å². The molecule has 66 valence electrons. The molecule has 0 fully saturated rings. The van der Waals surface area contributed by atoms with Crippen molar-refractivity contribution < 1.29 is 13.2 Å². The highest BCUT2D eigenvalue weighted by Crippen LogP contribution is 2.22. The van der Waals surface area contributed by atoms with Gasteiger partial charge >= 0.3 is 0 Å². The van der Waals surface area contributed by atoms with Gasteiger partial charge in [-0.05, 0) is 0 Å². The first kappa shape index (κ1) is 9.12.